The fourth-order valence-corrected chi connectivity index (χ4v) is 6.29. The van der Waals surface area contributed by atoms with Gasteiger partial charge >= 0.3 is 0 Å². The highest BCUT2D eigenvalue weighted by Gasteiger charge is 2.26. The van der Waals surface area contributed by atoms with Gasteiger partial charge in [-0.2, -0.15) is 4.31 Å². The number of unbranched alkanes of at least 4 members (excludes halogenated alkanes) is 1. The fraction of sp³-hybridized carbons (Fsp3) is 0.385. The van der Waals surface area contributed by atoms with Crippen molar-refractivity contribution in [3.8, 4) is 0 Å². The first-order valence-electron chi connectivity index (χ1n) is 11.9. The van der Waals surface area contributed by atoms with Gasteiger partial charge in [0, 0.05) is 18.5 Å². The van der Waals surface area contributed by atoms with Crippen LogP contribution in [0.4, 0.5) is 0 Å². The van der Waals surface area contributed by atoms with Crippen molar-refractivity contribution in [1.29, 1.82) is 0 Å². The van der Waals surface area contributed by atoms with Gasteiger partial charge in [-0.1, -0.05) is 48.5 Å². The number of sulfonamides is 1. The highest BCUT2D eigenvalue weighted by molar-refractivity contribution is 7.89. The van der Waals surface area contributed by atoms with Crippen LogP contribution in [0, 0.1) is 0 Å². The molecule has 0 aliphatic rings. The number of nitrogens with two attached hydrogens (primary N) is 2. The van der Waals surface area contributed by atoms with E-state index in [-0.39, 0.29) is 0 Å². The molecule has 4 aromatic rings. The molecule has 0 heterocycles. The van der Waals surface area contributed by atoms with E-state index in [2.05, 4.69) is 29.6 Å². The predicted molar refractivity (Wildman–Crippen MR) is 138 cm³/mol. The van der Waals surface area contributed by atoms with Crippen LogP contribution in [0.1, 0.15) is 25.7 Å². The third kappa shape index (κ3) is 4.98. The summed E-state index contributed by atoms with van der Waals surface area (Å²) in [6.07, 6.45) is 3.30. The maximum absolute atomic E-state index is 13.8. The Kier molecular flexibility index (Phi) is 7.78. The Hall–Kier alpha value is -2.29. The number of nitrogens with one attached hydrogen (secondary N) is 1. The minimum Gasteiger partial charge on any atom is -0.330 e. The third-order valence-corrected chi connectivity index (χ3v) is 8.24. The number of nitrogens with zero attached hydrogens (tertiary/aromatic N) is 1. The molecule has 5 N–H and O–H groups in total. The van der Waals surface area contributed by atoms with Gasteiger partial charge in [-0.3, -0.25) is 0 Å². The first-order valence-corrected chi connectivity index (χ1v) is 13.3. The number of hydrogen-bond acceptors (Lipinski definition) is 5. The Morgan fingerprint density at radius 2 is 1.30 bits per heavy atom. The molecule has 0 bridgehead atoms. The van der Waals surface area contributed by atoms with E-state index in [4.69, 9.17) is 11.5 Å². The monoisotopic (exact) mass is 466 g/mol. The van der Waals surface area contributed by atoms with Crippen LogP contribution < -0.4 is 16.8 Å². The summed E-state index contributed by atoms with van der Waals surface area (Å²) in [4.78, 5) is 0.381. The zero-order chi connectivity index (χ0) is 23.3. The summed E-state index contributed by atoms with van der Waals surface area (Å²) in [6.45, 7) is 3.82. The normalized spacial score (nSPS) is 12.6. The van der Waals surface area contributed by atoms with Crippen LogP contribution in [-0.2, 0) is 10.0 Å². The fourth-order valence-electron chi connectivity index (χ4n) is 4.58. The lowest BCUT2D eigenvalue weighted by Crippen LogP contribution is -2.34. The largest absolute Gasteiger partial charge is 0.330 e. The molecule has 0 aliphatic heterocycles. The molecular weight excluding hydrogens is 432 g/mol. The van der Waals surface area contributed by atoms with Crippen molar-refractivity contribution in [2.24, 2.45) is 11.5 Å². The van der Waals surface area contributed by atoms with Gasteiger partial charge in [0.1, 0.15) is 0 Å². The second-order valence-electron chi connectivity index (χ2n) is 8.57. The molecule has 0 aliphatic carbocycles. The van der Waals surface area contributed by atoms with E-state index in [0.717, 1.165) is 64.7 Å². The van der Waals surface area contributed by atoms with Crippen LogP contribution >= 0.6 is 0 Å². The van der Waals surface area contributed by atoms with E-state index in [1.165, 1.54) is 0 Å². The van der Waals surface area contributed by atoms with Gasteiger partial charge in [-0.25, -0.2) is 8.42 Å². The van der Waals surface area contributed by atoms with Crippen molar-refractivity contribution < 1.29 is 8.42 Å². The van der Waals surface area contributed by atoms with Gasteiger partial charge in [-0.05, 0) is 84.9 Å². The number of hydrogen-bond donors (Lipinski definition) is 3. The van der Waals surface area contributed by atoms with Crippen LogP contribution in [0.25, 0.3) is 32.3 Å². The summed E-state index contributed by atoms with van der Waals surface area (Å²) in [5.41, 5.74) is 11.3. The highest BCUT2D eigenvalue weighted by atomic mass is 32.2. The molecule has 0 aromatic heterocycles. The average Bonchev–Trinajstić information content (AvgIpc) is 2.83. The highest BCUT2D eigenvalue weighted by Crippen LogP contribution is 2.37. The van der Waals surface area contributed by atoms with E-state index in [9.17, 15) is 8.42 Å². The Balaban J connectivity index is 1.65. The molecule has 0 saturated heterocycles. The molecule has 6 nitrogen and oxygen atoms in total. The minimum absolute atomic E-state index is 0.381. The minimum atomic E-state index is -3.66. The van der Waals surface area contributed by atoms with Crippen molar-refractivity contribution >= 4 is 42.3 Å². The maximum Gasteiger partial charge on any atom is 0.243 e. The third-order valence-electron chi connectivity index (χ3n) is 6.29. The van der Waals surface area contributed by atoms with Crippen LogP contribution in [-0.4, -0.2) is 52.0 Å². The quantitative estimate of drug-likeness (QED) is 0.206. The van der Waals surface area contributed by atoms with Crippen molar-refractivity contribution in [3.05, 3.63) is 54.6 Å². The van der Waals surface area contributed by atoms with Gasteiger partial charge < -0.3 is 16.8 Å². The predicted octanol–water partition coefficient (Wildman–Crippen LogP) is 3.64. The van der Waals surface area contributed by atoms with Crippen molar-refractivity contribution in [1.82, 2.24) is 9.62 Å². The lowest BCUT2D eigenvalue weighted by Gasteiger charge is -2.23. The summed E-state index contributed by atoms with van der Waals surface area (Å²) in [6, 6.07) is 18.1. The van der Waals surface area contributed by atoms with Gasteiger partial charge in [0.15, 0.2) is 0 Å². The molecule has 0 fully saturated rings. The van der Waals surface area contributed by atoms with Gasteiger partial charge in [0.25, 0.3) is 0 Å². The van der Waals surface area contributed by atoms with Crippen molar-refractivity contribution in [3.63, 3.8) is 0 Å². The van der Waals surface area contributed by atoms with Gasteiger partial charge in [-0.15, -0.1) is 0 Å². The van der Waals surface area contributed by atoms with E-state index < -0.39 is 10.0 Å². The molecular formula is C26H34N4O2S. The first kappa shape index (κ1) is 23.9. The molecule has 0 saturated carbocycles. The molecule has 33 heavy (non-hydrogen) atoms. The SMILES string of the molecule is NCCCNCCCCN(CCCN)S(=O)(=O)c1ccc2ccc3cccc4ccc1c2c34. The lowest BCUT2D eigenvalue weighted by atomic mass is 9.94. The molecule has 7 heteroatoms. The first-order chi connectivity index (χ1) is 16.1. The molecule has 0 amide bonds. The summed E-state index contributed by atoms with van der Waals surface area (Å²) < 4.78 is 29.3. The maximum atomic E-state index is 13.8. The van der Waals surface area contributed by atoms with Crippen molar-refractivity contribution in [2.75, 3.05) is 39.3 Å². The molecule has 0 spiro atoms. The van der Waals surface area contributed by atoms with Crippen LogP contribution in [0.2, 0.25) is 0 Å². The smallest absolute Gasteiger partial charge is 0.243 e. The van der Waals surface area contributed by atoms with E-state index in [1.807, 2.05) is 24.3 Å². The molecule has 176 valence electrons. The van der Waals surface area contributed by atoms with Crippen molar-refractivity contribution in [2.45, 2.75) is 30.6 Å². The Labute approximate surface area is 196 Å². The molecule has 4 aromatic carbocycles. The van der Waals surface area contributed by atoms with Gasteiger partial charge in [0.05, 0.1) is 4.90 Å². The van der Waals surface area contributed by atoms with Gasteiger partial charge in [0.2, 0.25) is 10.0 Å². The zero-order valence-corrected chi connectivity index (χ0v) is 19.9. The second-order valence-corrected chi connectivity index (χ2v) is 10.5. The zero-order valence-electron chi connectivity index (χ0n) is 19.1. The second kappa shape index (κ2) is 10.8. The van der Waals surface area contributed by atoms with Crippen LogP contribution in [0.15, 0.2) is 59.5 Å². The molecule has 4 rings (SSSR count). The Bertz CT molecular complexity index is 1290. The molecule has 0 atom stereocenters. The van der Waals surface area contributed by atoms with Crippen LogP contribution in [0.5, 0.6) is 0 Å². The summed E-state index contributed by atoms with van der Waals surface area (Å²) >= 11 is 0. The Morgan fingerprint density at radius 3 is 2.03 bits per heavy atom. The summed E-state index contributed by atoms with van der Waals surface area (Å²) in [7, 11) is -3.66. The van der Waals surface area contributed by atoms with E-state index in [0.29, 0.717) is 37.5 Å². The van der Waals surface area contributed by atoms with E-state index >= 15 is 0 Å². The number of rotatable bonds is 13. The number of benzene rings is 4. The summed E-state index contributed by atoms with van der Waals surface area (Å²) in [5.74, 6) is 0. The Morgan fingerprint density at radius 1 is 0.697 bits per heavy atom. The van der Waals surface area contributed by atoms with E-state index in [1.54, 1.807) is 10.4 Å². The summed E-state index contributed by atoms with van der Waals surface area (Å²) in [5, 5.41) is 9.61. The standard InChI is InChI=1S/C26H34N4O2S/c27-14-4-17-29-16-1-2-18-30(19-5-15-28)33(31,32)24-13-11-22-9-8-20-6-3-7-21-10-12-23(24)26(22)25(20)21/h3,6-13,29H,1-2,4-5,14-19,27-28H2. The molecule has 0 radical (unpaired) electrons. The lowest BCUT2D eigenvalue weighted by molar-refractivity contribution is 0.394. The topological polar surface area (TPSA) is 101 Å². The molecule has 0 unspecified atom stereocenters. The average molecular weight is 467 g/mol. The van der Waals surface area contributed by atoms with Crippen LogP contribution in [0.3, 0.4) is 0 Å².